The first-order valence-electron chi connectivity index (χ1n) is 6.47. The number of hydrogen-bond donors (Lipinski definition) is 2. The number of nitrogens with two attached hydrogens (primary N) is 1. The van der Waals surface area contributed by atoms with Gasteiger partial charge in [0, 0.05) is 18.6 Å². The number of aliphatic carboxylic acids is 1. The summed E-state index contributed by atoms with van der Waals surface area (Å²) in [5.74, 6) is -0.976. The molecule has 0 aromatic carbocycles. The van der Waals surface area contributed by atoms with Gasteiger partial charge in [-0.25, -0.2) is 0 Å². The molecule has 6 heteroatoms. The lowest BCUT2D eigenvalue weighted by Crippen LogP contribution is -2.59. The van der Waals surface area contributed by atoms with Crippen molar-refractivity contribution < 1.29 is 19.4 Å². The van der Waals surface area contributed by atoms with Crippen LogP contribution in [0.4, 0.5) is 0 Å². The van der Waals surface area contributed by atoms with Crippen LogP contribution < -0.4 is 5.73 Å². The largest absolute Gasteiger partial charge is 0.481 e. The van der Waals surface area contributed by atoms with E-state index in [9.17, 15) is 9.59 Å². The van der Waals surface area contributed by atoms with E-state index in [2.05, 4.69) is 0 Å². The minimum absolute atomic E-state index is 0.0568. The van der Waals surface area contributed by atoms with Crippen LogP contribution in [-0.2, 0) is 14.3 Å². The summed E-state index contributed by atoms with van der Waals surface area (Å²) in [4.78, 5) is 24.9. The highest BCUT2D eigenvalue weighted by molar-refractivity contribution is 5.83. The first kappa shape index (κ1) is 15.9. The predicted molar refractivity (Wildman–Crippen MR) is 70.6 cm³/mol. The molecule has 1 saturated heterocycles. The Morgan fingerprint density at radius 1 is 1.37 bits per heavy atom. The van der Waals surface area contributed by atoms with Crippen LogP contribution in [0.3, 0.4) is 0 Å². The standard InChI is InChI=1S/C13H24N2O4/c1-12(2,13(3,4)14)11(18)15-5-6-19-9(8-15)7-10(16)17/h9H,5-8,14H2,1-4H3,(H,16,17). The van der Waals surface area contributed by atoms with Gasteiger partial charge in [0.05, 0.1) is 24.5 Å². The first-order chi connectivity index (χ1) is 8.55. The van der Waals surface area contributed by atoms with E-state index in [-0.39, 0.29) is 12.3 Å². The van der Waals surface area contributed by atoms with Crippen LogP contribution in [0.5, 0.6) is 0 Å². The summed E-state index contributed by atoms with van der Waals surface area (Å²) in [6.07, 6.45) is -0.525. The number of rotatable bonds is 4. The predicted octanol–water partition coefficient (Wildman–Crippen LogP) is 0.452. The minimum Gasteiger partial charge on any atom is -0.481 e. The number of morpholine rings is 1. The van der Waals surface area contributed by atoms with Crippen LogP contribution >= 0.6 is 0 Å². The van der Waals surface area contributed by atoms with Crippen molar-refractivity contribution in [3.8, 4) is 0 Å². The van der Waals surface area contributed by atoms with E-state index in [4.69, 9.17) is 15.6 Å². The van der Waals surface area contributed by atoms with E-state index in [0.29, 0.717) is 19.7 Å². The van der Waals surface area contributed by atoms with Gasteiger partial charge in [-0.15, -0.1) is 0 Å². The maximum atomic E-state index is 12.5. The van der Waals surface area contributed by atoms with Crippen molar-refractivity contribution >= 4 is 11.9 Å². The second-order valence-electron chi connectivity index (χ2n) is 6.19. The summed E-state index contributed by atoms with van der Waals surface area (Å²) < 4.78 is 5.36. The van der Waals surface area contributed by atoms with Crippen molar-refractivity contribution in [1.82, 2.24) is 4.90 Å². The lowest BCUT2D eigenvalue weighted by Gasteiger charge is -2.43. The van der Waals surface area contributed by atoms with Crippen LogP contribution in [0.25, 0.3) is 0 Å². The SMILES string of the molecule is CC(C)(N)C(C)(C)C(=O)N1CCOC(CC(=O)O)C1. The van der Waals surface area contributed by atoms with Crippen LogP contribution in [0, 0.1) is 5.41 Å². The molecule has 1 aliphatic rings. The average molecular weight is 272 g/mol. The van der Waals surface area contributed by atoms with E-state index in [1.54, 1.807) is 4.90 Å². The second kappa shape index (κ2) is 5.46. The third kappa shape index (κ3) is 3.67. The normalized spacial score (nSPS) is 21.3. The smallest absolute Gasteiger partial charge is 0.306 e. The topological polar surface area (TPSA) is 92.9 Å². The lowest BCUT2D eigenvalue weighted by atomic mass is 9.74. The summed E-state index contributed by atoms with van der Waals surface area (Å²) in [5.41, 5.74) is 4.71. The Balaban J connectivity index is 2.75. The fraction of sp³-hybridized carbons (Fsp3) is 0.846. The molecule has 0 bridgehead atoms. The highest BCUT2D eigenvalue weighted by Crippen LogP contribution is 2.31. The number of hydrogen-bond acceptors (Lipinski definition) is 4. The molecule has 3 N–H and O–H groups in total. The van der Waals surface area contributed by atoms with Crippen molar-refractivity contribution in [2.45, 2.75) is 45.8 Å². The number of carbonyl (C=O) groups excluding carboxylic acids is 1. The molecule has 0 aliphatic carbocycles. The minimum atomic E-state index is -0.919. The molecular weight excluding hydrogens is 248 g/mol. The Bertz CT molecular complexity index is 360. The van der Waals surface area contributed by atoms with Gasteiger partial charge in [-0.05, 0) is 27.7 Å². The molecular formula is C13H24N2O4. The molecule has 1 heterocycles. The fourth-order valence-corrected chi connectivity index (χ4v) is 1.89. The number of carboxylic acids is 1. The van der Waals surface area contributed by atoms with Gasteiger partial charge < -0.3 is 20.5 Å². The fourth-order valence-electron chi connectivity index (χ4n) is 1.89. The molecule has 0 radical (unpaired) electrons. The van der Waals surface area contributed by atoms with Gasteiger partial charge in [-0.3, -0.25) is 9.59 Å². The maximum absolute atomic E-state index is 12.5. The van der Waals surface area contributed by atoms with E-state index in [0.717, 1.165) is 0 Å². The van der Waals surface area contributed by atoms with Gasteiger partial charge in [-0.1, -0.05) is 0 Å². The van der Waals surface area contributed by atoms with Gasteiger partial charge in [0.1, 0.15) is 0 Å². The van der Waals surface area contributed by atoms with Gasteiger partial charge in [0.15, 0.2) is 0 Å². The molecule has 6 nitrogen and oxygen atoms in total. The monoisotopic (exact) mass is 272 g/mol. The van der Waals surface area contributed by atoms with Crippen molar-refractivity contribution in [2.24, 2.45) is 11.1 Å². The molecule has 110 valence electrons. The molecule has 1 unspecified atom stereocenters. The third-order valence-electron chi connectivity index (χ3n) is 3.97. The van der Waals surface area contributed by atoms with Crippen LogP contribution in [0.1, 0.15) is 34.1 Å². The highest BCUT2D eigenvalue weighted by atomic mass is 16.5. The Morgan fingerprint density at radius 2 is 1.95 bits per heavy atom. The van der Waals surface area contributed by atoms with Crippen LogP contribution in [0.15, 0.2) is 0 Å². The molecule has 0 spiro atoms. The summed E-state index contributed by atoms with van der Waals surface area (Å²) in [7, 11) is 0. The Kier molecular flexibility index (Phi) is 4.58. The van der Waals surface area contributed by atoms with Crippen LogP contribution in [0.2, 0.25) is 0 Å². The van der Waals surface area contributed by atoms with Gasteiger partial charge in [0.2, 0.25) is 5.91 Å². The molecule has 0 saturated carbocycles. The van der Waals surface area contributed by atoms with E-state index >= 15 is 0 Å². The van der Waals surface area contributed by atoms with Gasteiger partial charge in [-0.2, -0.15) is 0 Å². The molecule has 0 aromatic rings. The maximum Gasteiger partial charge on any atom is 0.306 e. The summed E-state index contributed by atoms with van der Waals surface area (Å²) in [5, 5.41) is 8.78. The highest BCUT2D eigenvalue weighted by Gasteiger charge is 2.43. The number of carbonyl (C=O) groups is 2. The van der Waals surface area contributed by atoms with Crippen molar-refractivity contribution in [3.63, 3.8) is 0 Å². The lowest BCUT2D eigenvalue weighted by molar-refractivity contribution is -0.155. The quantitative estimate of drug-likeness (QED) is 0.775. The number of ether oxygens (including phenoxy) is 1. The van der Waals surface area contributed by atoms with Gasteiger partial charge in [0.25, 0.3) is 0 Å². The Labute approximate surface area is 113 Å². The first-order valence-corrected chi connectivity index (χ1v) is 6.47. The molecule has 1 amide bonds. The van der Waals surface area contributed by atoms with Crippen LogP contribution in [-0.4, -0.2) is 53.2 Å². The van der Waals surface area contributed by atoms with Crippen molar-refractivity contribution in [3.05, 3.63) is 0 Å². The van der Waals surface area contributed by atoms with Gasteiger partial charge >= 0.3 is 5.97 Å². The number of amides is 1. The van der Waals surface area contributed by atoms with Crippen molar-refractivity contribution in [1.29, 1.82) is 0 Å². The third-order valence-corrected chi connectivity index (χ3v) is 3.97. The molecule has 0 aromatic heterocycles. The van der Waals surface area contributed by atoms with E-state index in [1.165, 1.54) is 0 Å². The Hall–Kier alpha value is -1.14. The molecule has 1 aliphatic heterocycles. The summed E-state index contributed by atoms with van der Waals surface area (Å²) >= 11 is 0. The average Bonchev–Trinajstić information content (AvgIpc) is 2.25. The molecule has 1 rings (SSSR count). The zero-order valence-corrected chi connectivity index (χ0v) is 12.1. The Morgan fingerprint density at radius 3 is 2.42 bits per heavy atom. The molecule has 19 heavy (non-hydrogen) atoms. The summed E-state index contributed by atoms with van der Waals surface area (Å²) in [6.45, 7) is 8.43. The summed E-state index contributed by atoms with van der Waals surface area (Å²) in [6, 6.07) is 0. The van der Waals surface area contributed by atoms with E-state index < -0.39 is 23.0 Å². The zero-order valence-electron chi connectivity index (χ0n) is 12.1. The van der Waals surface area contributed by atoms with Crippen molar-refractivity contribution in [2.75, 3.05) is 19.7 Å². The zero-order chi connectivity index (χ0) is 14.8. The number of carboxylic acid groups (broad SMARTS) is 1. The second-order valence-corrected chi connectivity index (χ2v) is 6.19. The van der Waals surface area contributed by atoms with E-state index in [1.807, 2.05) is 27.7 Å². The molecule has 1 fully saturated rings. The number of nitrogens with zero attached hydrogens (tertiary/aromatic N) is 1. The molecule has 1 atom stereocenters.